The van der Waals surface area contributed by atoms with Gasteiger partial charge in [-0.15, -0.1) is 11.3 Å². The summed E-state index contributed by atoms with van der Waals surface area (Å²) in [6.07, 6.45) is 7.44. The standard InChI is InChI=1S/C19H30BrN3O2S/c1-21-19(22-10-7-17-5-6-18(20)26-17)23-11-8-15(9-12-23)25-14-16-4-2-3-13-24-16/h5-6,15-16H,2-4,7-14H2,1H3,(H,21,22). The number of thiophene rings is 1. The zero-order chi connectivity index (χ0) is 18.2. The number of aliphatic imine (C=N–C) groups is 1. The summed E-state index contributed by atoms with van der Waals surface area (Å²) in [6.45, 7) is 4.57. The Kier molecular flexibility index (Phi) is 8.23. The van der Waals surface area contributed by atoms with Gasteiger partial charge < -0.3 is 19.7 Å². The summed E-state index contributed by atoms with van der Waals surface area (Å²) in [5.74, 6) is 1.01. The minimum Gasteiger partial charge on any atom is -0.376 e. The van der Waals surface area contributed by atoms with Crippen LogP contribution in [0, 0.1) is 0 Å². The van der Waals surface area contributed by atoms with Gasteiger partial charge in [0.05, 0.1) is 22.6 Å². The number of halogens is 1. The summed E-state index contributed by atoms with van der Waals surface area (Å²) in [5.41, 5.74) is 0. The van der Waals surface area contributed by atoms with Gasteiger partial charge >= 0.3 is 0 Å². The van der Waals surface area contributed by atoms with Crippen molar-refractivity contribution in [2.24, 2.45) is 4.99 Å². The Labute approximate surface area is 169 Å². The zero-order valence-corrected chi connectivity index (χ0v) is 18.0. The molecule has 0 amide bonds. The number of hydrogen-bond donors (Lipinski definition) is 1. The smallest absolute Gasteiger partial charge is 0.193 e. The molecule has 3 heterocycles. The van der Waals surface area contributed by atoms with E-state index in [-0.39, 0.29) is 0 Å². The largest absolute Gasteiger partial charge is 0.376 e. The van der Waals surface area contributed by atoms with Gasteiger partial charge in [0.15, 0.2) is 5.96 Å². The lowest BCUT2D eigenvalue weighted by molar-refractivity contribution is -0.0721. The summed E-state index contributed by atoms with van der Waals surface area (Å²) in [5, 5.41) is 3.50. The maximum atomic E-state index is 6.11. The molecule has 2 aliphatic rings. The van der Waals surface area contributed by atoms with E-state index in [1.807, 2.05) is 7.05 Å². The van der Waals surface area contributed by atoms with Crippen LogP contribution in [-0.4, -0.2) is 63.0 Å². The third kappa shape index (κ3) is 6.22. The monoisotopic (exact) mass is 443 g/mol. The Hall–Kier alpha value is -0.630. The lowest BCUT2D eigenvalue weighted by Gasteiger charge is -2.35. The number of nitrogens with one attached hydrogen (secondary N) is 1. The highest BCUT2D eigenvalue weighted by Gasteiger charge is 2.23. The van der Waals surface area contributed by atoms with Crippen molar-refractivity contribution < 1.29 is 9.47 Å². The van der Waals surface area contributed by atoms with Crippen LogP contribution in [0.25, 0.3) is 0 Å². The summed E-state index contributed by atoms with van der Waals surface area (Å²) >= 11 is 5.32. The fourth-order valence-corrected chi connectivity index (χ4v) is 5.02. The van der Waals surface area contributed by atoms with Crippen molar-refractivity contribution in [1.29, 1.82) is 0 Å². The predicted molar refractivity (Wildman–Crippen MR) is 111 cm³/mol. The fourth-order valence-electron chi connectivity index (χ4n) is 3.53. The first-order valence-electron chi connectivity index (χ1n) is 9.67. The lowest BCUT2D eigenvalue weighted by atomic mass is 10.1. The first-order chi connectivity index (χ1) is 12.7. The molecule has 2 aliphatic heterocycles. The minimum absolute atomic E-state index is 0.313. The number of rotatable bonds is 6. The van der Waals surface area contributed by atoms with E-state index in [1.165, 1.54) is 21.5 Å². The predicted octanol–water partition coefficient (Wildman–Crippen LogP) is 3.68. The molecule has 1 aromatic heterocycles. The number of piperidine rings is 1. The van der Waals surface area contributed by atoms with Crippen LogP contribution in [0.4, 0.5) is 0 Å². The van der Waals surface area contributed by atoms with Gasteiger partial charge in [-0.3, -0.25) is 4.99 Å². The second kappa shape index (κ2) is 10.6. The van der Waals surface area contributed by atoms with Gasteiger partial charge in [-0.1, -0.05) is 0 Å². The molecule has 0 bridgehead atoms. The van der Waals surface area contributed by atoms with Crippen molar-refractivity contribution in [3.05, 3.63) is 20.8 Å². The van der Waals surface area contributed by atoms with Gasteiger partial charge in [-0.2, -0.15) is 0 Å². The van der Waals surface area contributed by atoms with E-state index < -0.39 is 0 Å². The Morgan fingerprint density at radius 1 is 1.35 bits per heavy atom. The maximum absolute atomic E-state index is 6.11. The maximum Gasteiger partial charge on any atom is 0.193 e. The van der Waals surface area contributed by atoms with E-state index in [0.717, 1.165) is 64.5 Å². The Bertz CT molecular complexity index is 567. The highest BCUT2D eigenvalue weighted by molar-refractivity contribution is 9.11. The number of ether oxygens (including phenoxy) is 2. The quantitative estimate of drug-likeness (QED) is 0.537. The molecule has 1 atom stereocenters. The van der Waals surface area contributed by atoms with Crippen LogP contribution in [0.15, 0.2) is 20.9 Å². The Morgan fingerprint density at radius 2 is 2.19 bits per heavy atom. The molecule has 0 spiro atoms. The van der Waals surface area contributed by atoms with E-state index in [0.29, 0.717) is 12.2 Å². The molecular weight excluding hydrogens is 414 g/mol. The van der Waals surface area contributed by atoms with Crippen molar-refractivity contribution >= 4 is 33.2 Å². The van der Waals surface area contributed by atoms with Gasteiger partial charge in [0.25, 0.3) is 0 Å². The molecule has 0 aromatic carbocycles. The molecule has 3 rings (SSSR count). The second-order valence-electron chi connectivity index (χ2n) is 6.94. The molecule has 5 nitrogen and oxygen atoms in total. The van der Waals surface area contributed by atoms with Crippen molar-refractivity contribution in [3.8, 4) is 0 Å². The van der Waals surface area contributed by atoms with Crippen molar-refractivity contribution in [3.63, 3.8) is 0 Å². The summed E-state index contributed by atoms with van der Waals surface area (Å²) in [4.78, 5) is 8.19. The highest BCUT2D eigenvalue weighted by atomic mass is 79.9. The average Bonchev–Trinajstić information content (AvgIpc) is 3.10. The number of hydrogen-bond acceptors (Lipinski definition) is 4. The molecule has 7 heteroatoms. The van der Waals surface area contributed by atoms with Crippen LogP contribution < -0.4 is 5.32 Å². The third-order valence-corrected chi connectivity index (χ3v) is 6.71. The number of nitrogens with zero attached hydrogens (tertiary/aromatic N) is 2. The summed E-state index contributed by atoms with van der Waals surface area (Å²) in [7, 11) is 1.87. The highest BCUT2D eigenvalue weighted by Crippen LogP contribution is 2.22. The average molecular weight is 444 g/mol. The topological polar surface area (TPSA) is 46.1 Å². The molecular formula is C19H30BrN3O2S. The van der Waals surface area contributed by atoms with E-state index in [4.69, 9.17) is 9.47 Å². The van der Waals surface area contributed by atoms with Crippen molar-refractivity contribution in [2.45, 2.75) is 50.7 Å². The number of likely N-dealkylation sites (tertiary alicyclic amines) is 1. The Balaban J connectivity index is 1.34. The van der Waals surface area contributed by atoms with E-state index in [1.54, 1.807) is 11.3 Å². The van der Waals surface area contributed by atoms with Crippen LogP contribution in [0.2, 0.25) is 0 Å². The third-order valence-electron chi connectivity index (χ3n) is 5.03. The fraction of sp³-hybridized carbons (Fsp3) is 0.737. The normalized spacial score (nSPS) is 22.6. The van der Waals surface area contributed by atoms with E-state index in [9.17, 15) is 0 Å². The first-order valence-corrected chi connectivity index (χ1v) is 11.3. The van der Waals surface area contributed by atoms with Crippen LogP contribution in [0.5, 0.6) is 0 Å². The van der Waals surface area contributed by atoms with Crippen molar-refractivity contribution in [2.75, 3.05) is 39.9 Å². The molecule has 0 radical (unpaired) electrons. The molecule has 1 aromatic rings. The van der Waals surface area contributed by atoms with Crippen LogP contribution in [-0.2, 0) is 15.9 Å². The van der Waals surface area contributed by atoms with Crippen LogP contribution in [0.1, 0.15) is 37.0 Å². The molecule has 26 heavy (non-hydrogen) atoms. The van der Waals surface area contributed by atoms with Gasteiger partial charge in [-0.05, 0) is 66.6 Å². The van der Waals surface area contributed by atoms with Gasteiger partial charge in [-0.25, -0.2) is 0 Å². The SMILES string of the molecule is CN=C(NCCc1ccc(Br)s1)N1CCC(OCC2CCCCO2)CC1. The molecule has 1 unspecified atom stereocenters. The van der Waals surface area contributed by atoms with E-state index >= 15 is 0 Å². The summed E-state index contributed by atoms with van der Waals surface area (Å²) < 4.78 is 13.1. The van der Waals surface area contributed by atoms with Gasteiger partial charge in [0, 0.05) is 38.2 Å². The van der Waals surface area contributed by atoms with Gasteiger partial charge in [0.1, 0.15) is 0 Å². The molecule has 0 aliphatic carbocycles. The van der Waals surface area contributed by atoms with Gasteiger partial charge in [0.2, 0.25) is 0 Å². The molecule has 2 fully saturated rings. The molecule has 1 N–H and O–H groups in total. The van der Waals surface area contributed by atoms with Crippen molar-refractivity contribution in [1.82, 2.24) is 10.2 Å². The van der Waals surface area contributed by atoms with E-state index in [2.05, 4.69) is 43.3 Å². The molecule has 146 valence electrons. The minimum atomic E-state index is 0.313. The lowest BCUT2D eigenvalue weighted by Crippen LogP contribution is -2.47. The first kappa shape index (κ1) is 20.1. The summed E-state index contributed by atoms with van der Waals surface area (Å²) in [6, 6.07) is 4.29. The second-order valence-corrected chi connectivity index (χ2v) is 9.49. The Morgan fingerprint density at radius 3 is 2.85 bits per heavy atom. The zero-order valence-electron chi connectivity index (χ0n) is 15.6. The number of guanidine groups is 1. The van der Waals surface area contributed by atoms with Crippen LogP contribution >= 0.6 is 27.3 Å². The van der Waals surface area contributed by atoms with Crippen LogP contribution in [0.3, 0.4) is 0 Å². The molecule has 2 saturated heterocycles. The molecule has 0 saturated carbocycles.